The number of aliphatic imine (C=N–C) groups is 1. The van der Waals surface area contributed by atoms with Crippen molar-refractivity contribution in [2.24, 2.45) is 16.8 Å². The zero-order valence-electron chi connectivity index (χ0n) is 13.4. The number of hydrogen-bond donors (Lipinski definition) is 2. The lowest BCUT2D eigenvalue weighted by Crippen LogP contribution is -2.40. The van der Waals surface area contributed by atoms with Crippen molar-refractivity contribution in [1.82, 2.24) is 10.6 Å². The lowest BCUT2D eigenvalue weighted by molar-refractivity contribution is 0.502. The average Bonchev–Trinajstić information content (AvgIpc) is 2.76. The van der Waals surface area contributed by atoms with Crippen molar-refractivity contribution in [1.29, 1.82) is 0 Å². The molecule has 0 amide bonds. The number of guanidine groups is 1. The molecule has 1 aliphatic rings. The van der Waals surface area contributed by atoms with Crippen LogP contribution in [0.15, 0.2) is 4.99 Å². The molecule has 0 aromatic heterocycles. The van der Waals surface area contributed by atoms with Crippen LogP contribution in [0.2, 0.25) is 0 Å². The van der Waals surface area contributed by atoms with Gasteiger partial charge in [-0.1, -0.05) is 26.7 Å². The van der Waals surface area contributed by atoms with Crippen molar-refractivity contribution >= 4 is 39.8 Å². The molecule has 1 rings (SSSR count). The molecule has 126 valence electrons. The number of nitrogens with one attached hydrogen (secondary N) is 2. The van der Waals surface area contributed by atoms with Crippen LogP contribution in [0.5, 0.6) is 0 Å². The first-order valence-corrected chi connectivity index (χ1v) is 9.55. The molecule has 0 radical (unpaired) electrons. The summed E-state index contributed by atoms with van der Waals surface area (Å²) in [5.41, 5.74) is 0. The molecule has 0 aromatic carbocycles. The highest BCUT2D eigenvalue weighted by Gasteiger charge is 2.27. The lowest BCUT2D eigenvalue weighted by atomic mass is 10.0. The van der Waals surface area contributed by atoms with Crippen LogP contribution >= 0.6 is 24.0 Å². The maximum atomic E-state index is 11.4. The molecule has 7 heteroatoms. The largest absolute Gasteiger partial charge is 0.357 e. The fourth-order valence-electron chi connectivity index (χ4n) is 2.38. The number of sulfone groups is 1. The highest BCUT2D eigenvalue weighted by atomic mass is 127. The van der Waals surface area contributed by atoms with Gasteiger partial charge in [0.15, 0.2) is 15.8 Å². The molecule has 1 fully saturated rings. The molecule has 0 aliphatic carbocycles. The molecular weight excluding hydrogens is 401 g/mol. The van der Waals surface area contributed by atoms with Crippen molar-refractivity contribution in [3.63, 3.8) is 0 Å². The summed E-state index contributed by atoms with van der Waals surface area (Å²) in [5.74, 6) is 2.30. The van der Waals surface area contributed by atoms with Crippen molar-refractivity contribution < 1.29 is 8.42 Å². The summed E-state index contributed by atoms with van der Waals surface area (Å²) in [6.07, 6.45) is 3.04. The summed E-state index contributed by atoms with van der Waals surface area (Å²) < 4.78 is 22.9. The third kappa shape index (κ3) is 8.23. The fraction of sp³-hybridized carbons (Fsp3) is 0.929. The van der Waals surface area contributed by atoms with Gasteiger partial charge in [-0.15, -0.1) is 24.0 Å². The second kappa shape index (κ2) is 10.6. The molecule has 0 saturated carbocycles. The number of nitrogens with zero attached hydrogens (tertiary/aromatic N) is 1. The van der Waals surface area contributed by atoms with Crippen molar-refractivity contribution in [3.05, 3.63) is 0 Å². The van der Waals surface area contributed by atoms with Crippen LogP contribution < -0.4 is 10.6 Å². The van der Waals surface area contributed by atoms with E-state index in [9.17, 15) is 8.42 Å². The number of rotatable bonds is 7. The van der Waals surface area contributed by atoms with Crippen LogP contribution in [0, 0.1) is 11.8 Å². The average molecular weight is 431 g/mol. The third-order valence-corrected chi connectivity index (χ3v) is 5.73. The number of halogens is 1. The first kappa shape index (κ1) is 20.9. The summed E-state index contributed by atoms with van der Waals surface area (Å²) in [6, 6.07) is 0. The molecule has 1 unspecified atom stereocenters. The van der Waals surface area contributed by atoms with E-state index >= 15 is 0 Å². The van der Waals surface area contributed by atoms with Gasteiger partial charge in [0.1, 0.15) is 0 Å². The molecule has 2 N–H and O–H groups in total. The molecular formula is C14H30IN3O2S. The van der Waals surface area contributed by atoms with E-state index in [1.54, 1.807) is 0 Å². The van der Waals surface area contributed by atoms with Gasteiger partial charge in [-0.2, -0.15) is 0 Å². The molecule has 1 heterocycles. The van der Waals surface area contributed by atoms with Crippen LogP contribution in [-0.4, -0.2) is 45.5 Å². The van der Waals surface area contributed by atoms with E-state index < -0.39 is 9.84 Å². The van der Waals surface area contributed by atoms with E-state index in [0.29, 0.717) is 24.0 Å². The summed E-state index contributed by atoms with van der Waals surface area (Å²) in [5, 5.41) is 6.50. The third-order valence-electron chi connectivity index (χ3n) is 3.89. The molecule has 5 nitrogen and oxygen atoms in total. The molecule has 21 heavy (non-hydrogen) atoms. The zero-order chi connectivity index (χ0) is 15.0. The Balaban J connectivity index is 0.00000400. The van der Waals surface area contributed by atoms with E-state index in [0.717, 1.165) is 38.3 Å². The van der Waals surface area contributed by atoms with Gasteiger partial charge >= 0.3 is 0 Å². The quantitative estimate of drug-likeness (QED) is 0.368. The Labute approximate surface area is 146 Å². The SMILES string of the molecule is CCNC(=NCC(CC)CC)NCC1CCS(=O)(=O)C1.I. The summed E-state index contributed by atoms with van der Waals surface area (Å²) in [4.78, 5) is 4.60. The van der Waals surface area contributed by atoms with Gasteiger partial charge in [-0.05, 0) is 25.2 Å². The highest BCUT2D eigenvalue weighted by Crippen LogP contribution is 2.17. The van der Waals surface area contributed by atoms with E-state index in [2.05, 4.69) is 29.5 Å². The second-order valence-electron chi connectivity index (χ2n) is 5.55. The van der Waals surface area contributed by atoms with Gasteiger partial charge in [0, 0.05) is 19.6 Å². The standard InChI is InChI=1S/C14H29N3O2S.HI/c1-4-12(5-2)9-16-14(15-6-3)17-10-13-7-8-20(18,19)11-13;/h12-13H,4-11H2,1-3H3,(H2,15,16,17);1H. The first-order valence-electron chi connectivity index (χ1n) is 7.73. The molecule has 0 bridgehead atoms. The monoisotopic (exact) mass is 431 g/mol. The summed E-state index contributed by atoms with van der Waals surface area (Å²) >= 11 is 0. The van der Waals surface area contributed by atoms with Gasteiger partial charge in [0.2, 0.25) is 0 Å². The normalized spacial score (nSPS) is 21.1. The van der Waals surface area contributed by atoms with Crippen molar-refractivity contribution in [2.45, 2.75) is 40.0 Å². The van der Waals surface area contributed by atoms with Gasteiger partial charge in [0.25, 0.3) is 0 Å². The van der Waals surface area contributed by atoms with Crippen LogP contribution in [0.25, 0.3) is 0 Å². The zero-order valence-corrected chi connectivity index (χ0v) is 16.5. The molecule has 0 aromatic rings. The maximum Gasteiger partial charge on any atom is 0.191 e. The predicted molar refractivity (Wildman–Crippen MR) is 100 cm³/mol. The minimum atomic E-state index is -2.79. The van der Waals surface area contributed by atoms with Gasteiger partial charge < -0.3 is 10.6 Å². The number of hydrogen-bond acceptors (Lipinski definition) is 3. The molecule has 0 spiro atoms. The fourth-order valence-corrected chi connectivity index (χ4v) is 4.24. The minimum absolute atomic E-state index is 0. The van der Waals surface area contributed by atoms with Crippen LogP contribution in [0.1, 0.15) is 40.0 Å². The van der Waals surface area contributed by atoms with Gasteiger partial charge in [-0.25, -0.2) is 8.42 Å². The van der Waals surface area contributed by atoms with E-state index in [1.165, 1.54) is 0 Å². The smallest absolute Gasteiger partial charge is 0.191 e. The van der Waals surface area contributed by atoms with E-state index in [-0.39, 0.29) is 29.9 Å². The van der Waals surface area contributed by atoms with Crippen molar-refractivity contribution in [2.75, 3.05) is 31.1 Å². The highest BCUT2D eigenvalue weighted by molar-refractivity contribution is 14.0. The summed E-state index contributed by atoms with van der Waals surface area (Å²) in [7, 11) is -2.79. The minimum Gasteiger partial charge on any atom is -0.357 e. The topological polar surface area (TPSA) is 70.6 Å². The Morgan fingerprint density at radius 3 is 2.38 bits per heavy atom. The van der Waals surface area contributed by atoms with E-state index in [4.69, 9.17) is 0 Å². The van der Waals surface area contributed by atoms with Crippen LogP contribution in [0.3, 0.4) is 0 Å². The first-order chi connectivity index (χ1) is 9.50. The predicted octanol–water partition coefficient (Wildman–Crippen LogP) is 2.03. The van der Waals surface area contributed by atoms with Gasteiger partial charge in [0.05, 0.1) is 11.5 Å². The second-order valence-corrected chi connectivity index (χ2v) is 7.78. The Bertz CT molecular complexity index is 408. The van der Waals surface area contributed by atoms with Crippen LogP contribution in [0.4, 0.5) is 0 Å². The van der Waals surface area contributed by atoms with E-state index in [1.807, 2.05) is 6.92 Å². The summed E-state index contributed by atoms with van der Waals surface area (Å²) in [6.45, 7) is 8.74. The van der Waals surface area contributed by atoms with Crippen molar-refractivity contribution in [3.8, 4) is 0 Å². The molecule has 1 saturated heterocycles. The Kier molecular flexibility index (Phi) is 10.6. The lowest BCUT2D eigenvalue weighted by Gasteiger charge is -2.15. The molecule has 1 atom stereocenters. The Hall–Kier alpha value is -0.0500. The van der Waals surface area contributed by atoms with Crippen LogP contribution in [-0.2, 0) is 9.84 Å². The molecule has 1 aliphatic heterocycles. The maximum absolute atomic E-state index is 11.4. The Morgan fingerprint density at radius 2 is 1.90 bits per heavy atom. The Morgan fingerprint density at radius 1 is 1.24 bits per heavy atom. The van der Waals surface area contributed by atoms with Gasteiger partial charge in [-0.3, -0.25) is 4.99 Å².